The molecule has 3 N–H and O–H groups in total. The van der Waals surface area contributed by atoms with Gasteiger partial charge in [-0.25, -0.2) is 5.14 Å². The van der Waals surface area contributed by atoms with Crippen LogP contribution >= 0.6 is 0 Å². The van der Waals surface area contributed by atoms with Crippen LogP contribution in [-0.2, 0) is 16.6 Å². The minimum atomic E-state index is -3.85. The molecule has 92 valence electrons. The lowest BCUT2D eigenvalue weighted by Crippen LogP contribution is -2.22. The molecule has 0 spiro atoms. The van der Waals surface area contributed by atoms with Crippen LogP contribution in [-0.4, -0.2) is 8.42 Å². The number of nitrogens with two attached hydrogens (primary N) is 1. The van der Waals surface area contributed by atoms with Gasteiger partial charge >= 0.3 is 0 Å². The van der Waals surface area contributed by atoms with Gasteiger partial charge in [-0.3, -0.25) is 4.72 Å². The van der Waals surface area contributed by atoms with Crippen molar-refractivity contribution in [1.82, 2.24) is 0 Å². The van der Waals surface area contributed by atoms with E-state index in [0.29, 0.717) is 5.92 Å². The van der Waals surface area contributed by atoms with Gasteiger partial charge in [-0.2, -0.15) is 13.7 Å². The predicted molar refractivity (Wildman–Crippen MR) is 66.4 cm³/mol. The second-order valence-electron chi connectivity index (χ2n) is 4.24. The molecule has 17 heavy (non-hydrogen) atoms. The van der Waals surface area contributed by atoms with Crippen LogP contribution in [0.3, 0.4) is 0 Å². The molecule has 0 saturated heterocycles. The Hall–Kier alpha value is -1.58. The molecule has 1 rings (SSSR count). The van der Waals surface area contributed by atoms with Crippen molar-refractivity contribution in [2.24, 2.45) is 11.1 Å². The van der Waals surface area contributed by atoms with Crippen molar-refractivity contribution in [3.63, 3.8) is 0 Å². The van der Waals surface area contributed by atoms with Crippen molar-refractivity contribution in [2.75, 3.05) is 4.72 Å². The molecule has 0 fully saturated rings. The van der Waals surface area contributed by atoms with Crippen molar-refractivity contribution >= 4 is 15.9 Å². The monoisotopic (exact) mass is 253 g/mol. The number of nitrogens with zero attached hydrogens (tertiary/aromatic N) is 1. The maximum absolute atomic E-state index is 10.9. The average molecular weight is 253 g/mol. The Balaban J connectivity index is 3.07. The number of anilines is 1. The summed E-state index contributed by atoms with van der Waals surface area (Å²) in [5, 5.41) is 13.8. The summed E-state index contributed by atoms with van der Waals surface area (Å²) < 4.78 is 23.9. The smallest absolute Gasteiger partial charge is 0.270 e. The number of benzene rings is 1. The van der Waals surface area contributed by atoms with Crippen LogP contribution in [0.4, 0.5) is 5.69 Å². The molecule has 0 atom stereocenters. The molecular weight excluding hydrogens is 238 g/mol. The second kappa shape index (κ2) is 5.17. The fraction of sp³-hybridized carbons (Fsp3) is 0.364. The number of hydrogen-bond acceptors (Lipinski definition) is 3. The van der Waals surface area contributed by atoms with Crippen molar-refractivity contribution in [3.05, 3.63) is 29.3 Å². The summed E-state index contributed by atoms with van der Waals surface area (Å²) in [4.78, 5) is 0. The SMILES string of the molecule is CC(C)Cc1ccc(NS(N)(=O)=O)c(C#N)c1. The first-order valence-corrected chi connectivity index (χ1v) is 6.70. The molecule has 0 aliphatic heterocycles. The van der Waals surface area contributed by atoms with E-state index >= 15 is 0 Å². The van der Waals surface area contributed by atoms with E-state index in [4.69, 9.17) is 10.4 Å². The van der Waals surface area contributed by atoms with E-state index < -0.39 is 10.2 Å². The summed E-state index contributed by atoms with van der Waals surface area (Å²) >= 11 is 0. The van der Waals surface area contributed by atoms with E-state index in [1.54, 1.807) is 18.2 Å². The first kappa shape index (κ1) is 13.5. The highest BCUT2D eigenvalue weighted by molar-refractivity contribution is 7.90. The van der Waals surface area contributed by atoms with Crippen molar-refractivity contribution < 1.29 is 8.42 Å². The van der Waals surface area contributed by atoms with E-state index in [-0.39, 0.29) is 11.3 Å². The molecule has 0 radical (unpaired) electrons. The summed E-state index contributed by atoms with van der Waals surface area (Å²) in [7, 11) is -3.85. The lowest BCUT2D eigenvalue weighted by Gasteiger charge is -2.09. The lowest BCUT2D eigenvalue weighted by molar-refractivity contribution is 0.603. The predicted octanol–water partition coefficient (Wildman–Crippen LogP) is 1.37. The van der Waals surface area contributed by atoms with Crippen LogP contribution in [0.25, 0.3) is 0 Å². The second-order valence-corrected chi connectivity index (χ2v) is 5.53. The van der Waals surface area contributed by atoms with Gasteiger partial charge in [-0.05, 0) is 30.0 Å². The van der Waals surface area contributed by atoms with Gasteiger partial charge < -0.3 is 0 Å². The van der Waals surface area contributed by atoms with Gasteiger partial charge in [0.15, 0.2) is 0 Å². The van der Waals surface area contributed by atoms with Gasteiger partial charge in [0, 0.05) is 0 Å². The van der Waals surface area contributed by atoms with Gasteiger partial charge in [0.05, 0.1) is 11.3 Å². The van der Waals surface area contributed by atoms with Crippen LogP contribution in [0.1, 0.15) is 25.0 Å². The molecule has 0 aliphatic rings. The van der Waals surface area contributed by atoms with Crippen LogP contribution in [0.5, 0.6) is 0 Å². The Bertz CT molecular complexity index is 544. The van der Waals surface area contributed by atoms with E-state index in [1.165, 1.54) is 0 Å². The van der Waals surface area contributed by atoms with Gasteiger partial charge in [-0.15, -0.1) is 0 Å². The van der Waals surface area contributed by atoms with Gasteiger partial charge in [0.25, 0.3) is 10.2 Å². The number of nitrogens with one attached hydrogen (secondary N) is 1. The molecule has 0 bridgehead atoms. The molecule has 0 unspecified atom stereocenters. The molecule has 6 heteroatoms. The molecule has 1 aromatic rings. The molecule has 0 aliphatic carbocycles. The highest BCUT2D eigenvalue weighted by atomic mass is 32.2. The fourth-order valence-electron chi connectivity index (χ4n) is 1.52. The number of rotatable bonds is 4. The standard InChI is InChI=1S/C11H15N3O2S/c1-8(2)5-9-3-4-11(10(6-9)7-12)14-17(13,15)16/h3-4,6,8,14H,5H2,1-2H3,(H2,13,15,16). The average Bonchev–Trinajstić information content (AvgIpc) is 2.17. The molecular formula is C11H15N3O2S. The van der Waals surface area contributed by atoms with E-state index in [1.807, 2.05) is 6.07 Å². The zero-order valence-corrected chi connectivity index (χ0v) is 10.6. The molecule has 0 amide bonds. The molecule has 0 aromatic heterocycles. The minimum Gasteiger partial charge on any atom is -0.270 e. The molecule has 0 saturated carbocycles. The van der Waals surface area contributed by atoms with Crippen molar-refractivity contribution in [2.45, 2.75) is 20.3 Å². The summed E-state index contributed by atoms with van der Waals surface area (Å²) in [5.41, 5.74) is 1.48. The Kier molecular flexibility index (Phi) is 4.10. The first-order valence-electron chi connectivity index (χ1n) is 5.15. The van der Waals surface area contributed by atoms with Crippen molar-refractivity contribution in [3.8, 4) is 6.07 Å². The van der Waals surface area contributed by atoms with Gasteiger partial charge in [0.1, 0.15) is 6.07 Å². The first-order chi connectivity index (χ1) is 7.81. The third-order valence-corrected chi connectivity index (χ3v) is 2.61. The summed E-state index contributed by atoms with van der Waals surface area (Å²) in [6.45, 7) is 4.14. The summed E-state index contributed by atoms with van der Waals surface area (Å²) in [5.74, 6) is 0.471. The quantitative estimate of drug-likeness (QED) is 0.848. The zero-order valence-electron chi connectivity index (χ0n) is 9.77. The highest BCUT2D eigenvalue weighted by Gasteiger charge is 2.09. The Morgan fingerprint density at radius 2 is 2.12 bits per heavy atom. The third kappa shape index (κ3) is 4.43. The Labute approximate surface area is 101 Å². The Morgan fingerprint density at radius 3 is 2.59 bits per heavy atom. The van der Waals surface area contributed by atoms with Crippen LogP contribution < -0.4 is 9.86 Å². The van der Waals surface area contributed by atoms with E-state index in [9.17, 15) is 8.42 Å². The normalized spacial score (nSPS) is 11.2. The van der Waals surface area contributed by atoms with Crippen LogP contribution in [0.15, 0.2) is 18.2 Å². The largest absolute Gasteiger partial charge is 0.296 e. The highest BCUT2D eigenvalue weighted by Crippen LogP contribution is 2.19. The van der Waals surface area contributed by atoms with Crippen LogP contribution in [0.2, 0.25) is 0 Å². The molecule has 1 aromatic carbocycles. The maximum Gasteiger partial charge on any atom is 0.296 e. The number of hydrogen-bond donors (Lipinski definition) is 2. The van der Waals surface area contributed by atoms with Gasteiger partial charge in [-0.1, -0.05) is 19.9 Å². The zero-order chi connectivity index (χ0) is 13.1. The Morgan fingerprint density at radius 1 is 1.47 bits per heavy atom. The lowest BCUT2D eigenvalue weighted by atomic mass is 10.0. The third-order valence-electron chi connectivity index (χ3n) is 2.10. The van der Waals surface area contributed by atoms with Crippen LogP contribution in [0, 0.1) is 17.2 Å². The van der Waals surface area contributed by atoms with E-state index in [0.717, 1.165) is 12.0 Å². The fourth-order valence-corrected chi connectivity index (χ4v) is 2.01. The minimum absolute atomic E-state index is 0.211. The topological polar surface area (TPSA) is 96.0 Å². The van der Waals surface area contributed by atoms with E-state index in [2.05, 4.69) is 18.6 Å². The summed E-state index contributed by atoms with van der Waals surface area (Å²) in [6, 6.07) is 6.97. The molecule has 0 heterocycles. The maximum atomic E-state index is 10.9. The van der Waals surface area contributed by atoms with Gasteiger partial charge in [0.2, 0.25) is 0 Å². The molecule has 5 nitrogen and oxygen atoms in total. The van der Waals surface area contributed by atoms with Crippen molar-refractivity contribution in [1.29, 1.82) is 5.26 Å². The number of nitriles is 1. The summed E-state index contributed by atoms with van der Waals surface area (Å²) in [6.07, 6.45) is 0.838.